The van der Waals surface area contributed by atoms with Crippen LogP contribution in [0.3, 0.4) is 0 Å². The van der Waals surface area contributed by atoms with Gasteiger partial charge in [0.05, 0.1) is 24.3 Å². The summed E-state index contributed by atoms with van der Waals surface area (Å²) in [7, 11) is 0. The summed E-state index contributed by atoms with van der Waals surface area (Å²) in [6.07, 6.45) is 1.94. The molecule has 138 valence electrons. The number of ether oxygens (including phenoxy) is 1. The third kappa shape index (κ3) is 3.55. The molecule has 2 N–H and O–H groups in total. The number of fused-ring (bicyclic) bond motifs is 1. The zero-order valence-electron chi connectivity index (χ0n) is 15.6. The lowest BCUT2D eigenvalue weighted by molar-refractivity contribution is 0.310. The maximum Gasteiger partial charge on any atom is 0.119 e. The average molecular weight is 366 g/mol. The van der Waals surface area contributed by atoms with Gasteiger partial charge in [-0.3, -0.25) is 0 Å². The van der Waals surface area contributed by atoms with Crippen molar-refractivity contribution in [3.63, 3.8) is 0 Å². The van der Waals surface area contributed by atoms with Crippen LogP contribution in [0.1, 0.15) is 34.7 Å². The van der Waals surface area contributed by atoms with Crippen LogP contribution in [0.25, 0.3) is 5.57 Å². The number of hydrogen-bond donors (Lipinski definition) is 1. The Labute approximate surface area is 165 Å². The summed E-state index contributed by atoms with van der Waals surface area (Å²) in [5, 5.41) is 9.67. The molecule has 0 saturated heterocycles. The summed E-state index contributed by atoms with van der Waals surface area (Å²) >= 11 is 0. The summed E-state index contributed by atoms with van der Waals surface area (Å²) in [5.41, 5.74) is 12.2. The molecule has 1 atom stereocenters. The molecule has 0 saturated carbocycles. The molecule has 0 amide bonds. The average Bonchev–Trinajstić information content (AvgIpc) is 3.04. The second-order valence-electron chi connectivity index (χ2n) is 6.93. The molecule has 0 radical (unpaired) electrons. The molecule has 3 nitrogen and oxygen atoms in total. The molecule has 4 rings (SSSR count). The molecule has 0 spiro atoms. The van der Waals surface area contributed by atoms with Crippen molar-refractivity contribution in [1.29, 1.82) is 5.26 Å². The summed E-state index contributed by atoms with van der Waals surface area (Å²) in [5.74, 6) is 0.800. The quantitative estimate of drug-likeness (QED) is 0.622. The van der Waals surface area contributed by atoms with E-state index in [9.17, 15) is 5.26 Å². The molecule has 0 bridgehead atoms. The maximum atomic E-state index is 9.67. The van der Waals surface area contributed by atoms with Crippen LogP contribution in [0.5, 0.6) is 5.75 Å². The van der Waals surface area contributed by atoms with Gasteiger partial charge in [0.2, 0.25) is 0 Å². The molecule has 3 heteroatoms. The van der Waals surface area contributed by atoms with E-state index in [1.807, 2.05) is 54.6 Å². The monoisotopic (exact) mass is 366 g/mol. The molecule has 3 aromatic rings. The number of aryl methyl sites for hydroxylation is 1. The summed E-state index contributed by atoms with van der Waals surface area (Å²) in [4.78, 5) is 0. The first-order chi connectivity index (χ1) is 13.8. The van der Waals surface area contributed by atoms with Crippen molar-refractivity contribution in [3.8, 4) is 11.8 Å². The third-order valence-corrected chi connectivity index (χ3v) is 5.11. The van der Waals surface area contributed by atoms with Crippen molar-refractivity contribution >= 4 is 5.57 Å². The van der Waals surface area contributed by atoms with Gasteiger partial charge >= 0.3 is 0 Å². The first kappa shape index (κ1) is 18.0. The predicted octanol–water partition coefficient (Wildman–Crippen LogP) is 5.04. The van der Waals surface area contributed by atoms with Crippen LogP contribution in [-0.4, -0.2) is 6.61 Å². The highest BCUT2D eigenvalue weighted by Crippen LogP contribution is 2.43. The molecule has 1 unspecified atom stereocenters. The second-order valence-corrected chi connectivity index (χ2v) is 6.93. The van der Waals surface area contributed by atoms with Crippen LogP contribution >= 0.6 is 0 Å². The number of hydrogen-bond acceptors (Lipinski definition) is 3. The standard InChI is InChI=1S/C25H22N2O/c26-17-23-24(19-11-5-2-6-12-19)21-14-13-20(16-22(21)25(23)27)28-15-7-10-18-8-3-1-4-9-18/h1-6,8-9,11-14,16,25H,7,10,15,27H2. The van der Waals surface area contributed by atoms with Crippen LogP contribution in [-0.2, 0) is 6.42 Å². The van der Waals surface area contributed by atoms with Crippen LogP contribution in [0, 0.1) is 11.3 Å². The lowest BCUT2D eigenvalue weighted by atomic mass is 9.98. The smallest absolute Gasteiger partial charge is 0.119 e. The van der Waals surface area contributed by atoms with Crippen molar-refractivity contribution in [2.24, 2.45) is 5.73 Å². The molecule has 0 aliphatic heterocycles. The fourth-order valence-corrected chi connectivity index (χ4v) is 3.72. The van der Waals surface area contributed by atoms with Gasteiger partial charge in [-0.25, -0.2) is 0 Å². The van der Waals surface area contributed by atoms with Crippen molar-refractivity contribution in [1.82, 2.24) is 0 Å². The third-order valence-electron chi connectivity index (χ3n) is 5.11. The van der Waals surface area contributed by atoms with Crippen molar-refractivity contribution in [3.05, 3.63) is 107 Å². The van der Waals surface area contributed by atoms with Gasteiger partial charge in [-0.2, -0.15) is 5.26 Å². The van der Waals surface area contributed by atoms with Crippen LogP contribution < -0.4 is 10.5 Å². The van der Waals surface area contributed by atoms with E-state index >= 15 is 0 Å². The van der Waals surface area contributed by atoms with Gasteiger partial charge in [-0.1, -0.05) is 66.7 Å². The lowest BCUT2D eigenvalue weighted by Gasteiger charge is -2.11. The zero-order chi connectivity index (χ0) is 19.3. The minimum Gasteiger partial charge on any atom is -0.494 e. The van der Waals surface area contributed by atoms with Gasteiger partial charge in [-0.05, 0) is 47.2 Å². The Morgan fingerprint density at radius 3 is 2.36 bits per heavy atom. The van der Waals surface area contributed by atoms with Crippen LogP contribution in [0.15, 0.2) is 84.4 Å². The van der Waals surface area contributed by atoms with Crippen LogP contribution in [0.4, 0.5) is 0 Å². The van der Waals surface area contributed by atoms with Crippen molar-refractivity contribution in [2.45, 2.75) is 18.9 Å². The molecule has 0 heterocycles. The van der Waals surface area contributed by atoms with Gasteiger partial charge < -0.3 is 10.5 Å². The highest BCUT2D eigenvalue weighted by atomic mass is 16.5. The predicted molar refractivity (Wildman–Crippen MR) is 112 cm³/mol. The van der Waals surface area contributed by atoms with E-state index in [1.54, 1.807) is 0 Å². The summed E-state index contributed by atoms with van der Waals surface area (Å²) < 4.78 is 5.95. The molecule has 3 aromatic carbocycles. The second kappa shape index (κ2) is 8.12. The van der Waals surface area contributed by atoms with Crippen molar-refractivity contribution in [2.75, 3.05) is 6.61 Å². The summed E-state index contributed by atoms with van der Waals surface area (Å²) in [6, 6.07) is 28.2. The molecule has 28 heavy (non-hydrogen) atoms. The first-order valence-electron chi connectivity index (χ1n) is 9.54. The Bertz CT molecular complexity index is 1030. The lowest BCUT2D eigenvalue weighted by Crippen LogP contribution is -2.09. The van der Waals surface area contributed by atoms with E-state index in [4.69, 9.17) is 10.5 Å². The van der Waals surface area contributed by atoms with E-state index in [2.05, 4.69) is 30.3 Å². The Kier molecular flexibility index (Phi) is 5.23. The number of benzene rings is 3. The largest absolute Gasteiger partial charge is 0.494 e. The SMILES string of the molecule is N#CC1=C(c2ccccc2)c2ccc(OCCCc3ccccc3)cc2C1N. The molecule has 0 aromatic heterocycles. The molecule has 1 aliphatic rings. The van der Waals surface area contributed by atoms with Gasteiger partial charge in [0.1, 0.15) is 5.75 Å². The highest BCUT2D eigenvalue weighted by Gasteiger charge is 2.30. The van der Waals surface area contributed by atoms with Gasteiger partial charge in [0, 0.05) is 5.57 Å². The van der Waals surface area contributed by atoms with Gasteiger partial charge in [-0.15, -0.1) is 0 Å². The first-order valence-corrected chi connectivity index (χ1v) is 9.54. The Hall–Kier alpha value is -3.35. The summed E-state index contributed by atoms with van der Waals surface area (Å²) in [6.45, 7) is 0.646. The minimum absolute atomic E-state index is 0.414. The maximum absolute atomic E-state index is 9.67. The fraction of sp³-hybridized carbons (Fsp3) is 0.160. The number of rotatable bonds is 6. The van der Waals surface area contributed by atoms with E-state index in [-0.39, 0.29) is 0 Å². The molecular formula is C25H22N2O. The van der Waals surface area contributed by atoms with Crippen molar-refractivity contribution < 1.29 is 4.74 Å². The number of nitriles is 1. The Morgan fingerprint density at radius 1 is 0.929 bits per heavy atom. The van der Waals surface area contributed by atoms with E-state index in [0.717, 1.165) is 40.9 Å². The normalized spacial score (nSPS) is 15.2. The highest BCUT2D eigenvalue weighted by molar-refractivity contribution is 5.90. The van der Waals surface area contributed by atoms with Crippen LogP contribution in [0.2, 0.25) is 0 Å². The molecule has 0 fully saturated rings. The fourth-order valence-electron chi connectivity index (χ4n) is 3.72. The zero-order valence-corrected chi connectivity index (χ0v) is 15.6. The number of nitrogens with zero attached hydrogens (tertiary/aromatic N) is 1. The van der Waals surface area contributed by atoms with E-state index in [0.29, 0.717) is 12.2 Å². The van der Waals surface area contributed by atoms with E-state index in [1.165, 1.54) is 5.56 Å². The Balaban J connectivity index is 1.49. The van der Waals surface area contributed by atoms with Gasteiger partial charge in [0.25, 0.3) is 0 Å². The Morgan fingerprint density at radius 2 is 1.64 bits per heavy atom. The van der Waals surface area contributed by atoms with E-state index < -0.39 is 6.04 Å². The molecular weight excluding hydrogens is 344 g/mol. The number of nitrogens with two attached hydrogens (primary N) is 1. The minimum atomic E-state index is -0.414. The topological polar surface area (TPSA) is 59.0 Å². The molecule has 1 aliphatic carbocycles. The van der Waals surface area contributed by atoms with Gasteiger partial charge in [0.15, 0.2) is 0 Å².